The second kappa shape index (κ2) is 10.7. The average Bonchev–Trinajstić information content (AvgIpc) is 3.55. The Labute approximate surface area is 194 Å². The van der Waals surface area contributed by atoms with Gasteiger partial charge >= 0.3 is 0 Å². The van der Waals surface area contributed by atoms with Crippen LogP contribution in [0, 0.1) is 0 Å². The van der Waals surface area contributed by atoms with Crippen molar-refractivity contribution in [1.82, 2.24) is 25.8 Å². The van der Waals surface area contributed by atoms with Crippen molar-refractivity contribution < 1.29 is 9.47 Å². The molecule has 1 atom stereocenters. The zero-order chi connectivity index (χ0) is 23.0. The molecule has 1 fully saturated rings. The summed E-state index contributed by atoms with van der Waals surface area (Å²) >= 11 is 0. The monoisotopic (exact) mass is 449 g/mol. The number of hydrogen-bond donors (Lipinski definition) is 3. The summed E-state index contributed by atoms with van der Waals surface area (Å²) in [6, 6.07) is 14.5. The molecule has 0 bridgehead atoms. The van der Waals surface area contributed by atoms with Crippen molar-refractivity contribution in [3.05, 3.63) is 54.4 Å². The number of anilines is 1. The molecule has 0 saturated carbocycles. The number of ether oxygens (including phenoxy) is 2. The number of methoxy groups -OCH3 is 2. The van der Waals surface area contributed by atoms with Crippen molar-refractivity contribution >= 4 is 11.6 Å². The molecule has 1 aromatic heterocycles. The van der Waals surface area contributed by atoms with E-state index in [1.807, 2.05) is 30.3 Å². The lowest BCUT2D eigenvalue weighted by atomic mass is 10.1. The molecular weight excluding hydrogens is 418 g/mol. The number of aromatic nitrogens is 3. The first kappa shape index (κ1) is 22.4. The van der Waals surface area contributed by atoms with Crippen LogP contribution in [0.15, 0.2) is 53.8 Å². The number of nitrogens with one attached hydrogen (secondary N) is 3. The number of hydrogen-bond acceptors (Lipinski definition) is 6. The smallest absolute Gasteiger partial charge is 0.191 e. The highest BCUT2D eigenvalue weighted by atomic mass is 16.5. The van der Waals surface area contributed by atoms with Crippen LogP contribution >= 0.6 is 0 Å². The van der Waals surface area contributed by atoms with Crippen molar-refractivity contribution in [1.29, 1.82) is 0 Å². The first-order valence-electron chi connectivity index (χ1n) is 11.2. The topological polar surface area (TPSA) is 99.7 Å². The van der Waals surface area contributed by atoms with E-state index in [0.29, 0.717) is 12.6 Å². The summed E-state index contributed by atoms with van der Waals surface area (Å²) in [4.78, 5) is 11.4. The molecule has 1 saturated heterocycles. The molecule has 2 aromatic carbocycles. The number of nitrogens with zero attached hydrogens (tertiary/aromatic N) is 4. The van der Waals surface area contributed by atoms with E-state index in [1.54, 1.807) is 14.2 Å². The van der Waals surface area contributed by atoms with Gasteiger partial charge in [0.25, 0.3) is 0 Å². The van der Waals surface area contributed by atoms with E-state index in [4.69, 9.17) is 14.5 Å². The van der Waals surface area contributed by atoms with Crippen molar-refractivity contribution in [3.8, 4) is 22.9 Å². The largest absolute Gasteiger partial charge is 0.497 e. The number of guanidine groups is 1. The number of H-pyrrole nitrogens is 1. The number of rotatable bonds is 8. The number of aromatic amines is 1. The summed E-state index contributed by atoms with van der Waals surface area (Å²) in [7, 11) is 3.35. The van der Waals surface area contributed by atoms with E-state index < -0.39 is 0 Å². The van der Waals surface area contributed by atoms with Crippen LogP contribution in [0.2, 0.25) is 0 Å². The molecule has 0 spiro atoms. The maximum Gasteiger partial charge on any atom is 0.191 e. The van der Waals surface area contributed by atoms with Crippen molar-refractivity contribution in [2.45, 2.75) is 25.9 Å². The van der Waals surface area contributed by atoms with E-state index in [0.717, 1.165) is 66.2 Å². The molecular formula is C24H31N7O2. The van der Waals surface area contributed by atoms with Crippen LogP contribution in [0.4, 0.5) is 5.69 Å². The highest BCUT2D eigenvalue weighted by Gasteiger charge is 2.24. The molecule has 4 rings (SSSR count). The highest BCUT2D eigenvalue weighted by molar-refractivity contribution is 5.80. The second-order valence-corrected chi connectivity index (χ2v) is 7.88. The minimum atomic E-state index is 0.292. The van der Waals surface area contributed by atoms with E-state index in [-0.39, 0.29) is 0 Å². The first-order chi connectivity index (χ1) is 16.2. The summed E-state index contributed by atoms with van der Waals surface area (Å²) in [6.07, 6.45) is 2.53. The molecule has 2 heterocycles. The number of aliphatic imine (C=N–C) groups is 1. The fraction of sp³-hybridized carbons (Fsp3) is 0.375. The molecule has 33 heavy (non-hydrogen) atoms. The summed E-state index contributed by atoms with van der Waals surface area (Å²) < 4.78 is 10.9. The predicted octanol–water partition coefficient (Wildman–Crippen LogP) is 2.82. The lowest BCUT2D eigenvalue weighted by molar-refractivity contribution is 0.394. The molecule has 1 aliphatic rings. The van der Waals surface area contributed by atoms with Gasteiger partial charge < -0.3 is 25.0 Å². The van der Waals surface area contributed by atoms with Crippen LogP contribution in [-0.4, -0.2) is 61.0 Å². The molecule has 9 heteroatoms. The highest BCUT2D eigenvalue weighted by Crippen LogP contribution is 2.30. The van der Waals surface area contributed by atoms with Gasteiger partial charge in [-0.25, -0.2) is 9.98 Å². The van der Waals surface area contributed by atoms with Crippen molar-refractivity contribution in [3.63, 3.8) is 0 Å². The van der Waals surface area contributed by atoms with Gasteiger partial charge in [-0.1, -0.05) is 18.2 Å². The number of benzene rings is 2. The van der Waals surface area contributed by atoms with Gasteiger partial charge in [-0.3, -0.25) is 5.10 Å². The molecule has 1 unspecified atom stereocenters. The molecule has 0 amide bonds. The predicted molar refractivity (Wildman–Crippen MR) is 130 cm³/mol. The molecule has 1 aliphatic heterocycles. The Kier molecular flexibility index (Phi) is 7.29. The molecule has 3 N–H and O–H groups in total. The summed E-state index contributed by atoms with van der Waals surface area (Å²) in [5.41, 5.74) is 3.21. The summed E-state index contributed by atoms with van der Waals surface area (Å²) in [5, 5.41) is 13.8. The Balaban J connectivity index is 1.41. The van der Waals surface area contributed by atoms with E-state index >= 15 is 0 Å². The van der Waals surface area contributed by atoms with Gasteiger partial charge in [-0.05, 0) is 25.0 Å². The van der Waals surface area contributed by atoms with Gasteiger partial charge in [0.05, 0.1) is 20.8 Å². The Bertz CT molecular complexity index is 1050. The third kappa shape index (κ3) is 5.74. The fourth-order valence-electron chi connectivity index (χ4n) is 3.93. The van der Waals surface area contributed by atoms with Crippen LogP contribution in [-0.2, 0) is 6.54 Å². The van der Waals surface area contributed by atoms with Gasteiger partial charge in [0.2, 0.25) is 0 Å². The van der Waals surface area contributed by atoms with Crippen LogP contribution in [0.3, 0.4) is 0 Å². The zero-order valence-corrected chi connectivity index (χ0v) is 19.3. The molecule has 3 aromatic rings. The van der Waals surface area contributed by atoms with Crippen LogP contribution in [0.5, 0.6) is 11.5 Å². The lowest BCUT2D eigenvalue weighted by Gasteiger charge is -2.21. The third-order valence-corrected chi connectivity index (χ3v) is 5.61. The Morgan fingerprint density at radius 3 is 2.70 bits per heavy atom. The summed E-state index contributed by atoms with van der Waals surface area (Å²) in [6.45, 7) is 5.27. The van der Waals surface area contributed by atoms with Crippen molar-refractivity contribution in [2.75, 3.05) is 38.8 Å². The van der Waals surface area contributed by atoms with Gasteiger partial charge in [0, 0.05) is 55.1 Å². The minimum absolute atomic E-state index is 0.292. The maximum absolute atomic E-state index is 5.43. The SMILES string of the molecule is CCNC(=NCc1cccc(-c2ncn[nH]2)c1)NC1CCN(c2cc(OC)cc(OC)c2)C1. The van der Waals surface area contributed by atoms with E-state index in [2.05, 4.69) is 49.8 Å². The standard InChI is InChI=1S/C24H31N7O2/c1-4-25-24(26-14-17-6-5-7-18(10-17)23-27-16-28-30-23)29-19-8-9-31(15-19)20-11-21(32-2)13-22(12-20)33-3/h5-7,10-13,16,19H,4,8-9,14-15H2,1-3H3,(H2,25,26,29)(H,27,28,30). The average molecular weight is 450 g/mol. The van der Waals surface area contributed by atoms with E-state index in [1.165, 1.54) is 6.33 Å². The van der Waals surface area contributed by atoms with Gasteiger partial charge in [-0.15, -0.1) is 0 Å². The second-order valence-electron chi connectivity index (χ2n) is 7.88. The van der Waals surface area contributed by atoms with Gasteiger partial charge in [-0.2, -0.15) is 5.10 Å². The zero-order valence-electron chi connectivity index (χ0n) is 19.3. The van der Waals surface area contributed by atoms with Crippen LogP contribution in [0.25, 0.3) is 11.4 Å². The molecule has 0 aliphatic carbocycles. The van der Waals surface area contributed by atoms with E-state index in [9.17, 15) is 0 Å². The Morgan fingerprint density at radius 2 is 2.00 bits per heavy atom. The molecule has 9 nitrogen and oxygen atoms in total. The third-order valence-electron chi connectivity index (χ3n) is 5.61. The normalized spacial score (nSPS) is 16.0. The van der Waals surface area contributed by atoms with Crippen LogP contribution in [0.1, 0.15) is 18.9 Å². The first-order valence-corrected chi connectivity index (χ1v) is 11.2. The Hall–Kier alpha value is -3.75. The molecule has 174 valence electrons. The molecule has 0 radical (unpaired) electrons. The quantitative estimate of drug-likeness (QED) is 0.359. The van der Waals surface area contributed by atoms with Crippen molar-refractivity contribution in [2.24, 2.45) is 4.99 Å². The van der Waals surface area contributed by atoms with Gasteiger partial charge in [0.15, 0.2) is 11.8 Å². The van der Waals surface area contributed by atoms with Gasteiger partial charge in [0.1, 0.15) is 17.8 Å². The maximum atomic E-state index is 5.43. The van der Waals surface area contributed by atoms with Crippen LogP contribution < -0.4 is 25.0 Å². The lowest BCUT2D eigenvalue weighted by Crippen LogP contribution is -2.44. The minimum Gasteiger partial charge on any atom is -0.497 e. The Morgan fingerprint density at radius 1 is 1.18 bits per heavy atom. The summed E-state index contributed by atoms with van der Waals surface area (Å²) in [5.74, 6) is 3.16. The fourth-order valence-corrected chi connectivity index (χ4v) is 3.93.